The lowest BCUT2D eigenvalue weighted by Crippen LogP contribution is -2.20. The largest absolute Gasteiger partial charge is 0.492 e. The number of ether oxygens (including phenoxy) is 1. The quantitative estimate of drug-likeness (QED) is 0.739. The smallest absolute Gasteiger partial charge is 0.175 e. The highest BCUT2D eigenvalue weighted by Gasteiger charge is 2.07. The molecule has 0 aliphatic rings. The van der Waals surface area contributed by atoms with Crippen molar-refractivity contribution in [3.8, 4) is 5.75 Å². The molecule has 0 unspecified atom stereocenters. The van der Waals surface area contributed by atoms with E-state index in [9.17, 15) is 8.42 Å². The predicted molar refractivity (Wildman–Crippen MR) is 88.8 cm³/mol. The Morgan fingerprint density at radius 3 is 2.81 bits per heavy atom. The molecule has 1 aromatic carbocycles. The lowest BCUT2D eigenvalue weighted by Gasteiger charge is -2.08. The first-order chi connectivity index (χ1) is 9.95. The molecular weight excluding hydrogens is 374 g/mol. The molecule has 0 aliphatic carbocycles. The van der Waals surface area contributed by atoms with Crippen molar-refractivity contribution in [2.45, 2.75) is 11.4 Å². The summed E-state index contributed by atoms with van der Waals surface area (Å²) in [7, 11) is -3.19. The van der Waals surface area contributed by atoms with E-state index in [1.165, 1.54) is 11.1 Å². The highest BCUT2D eigenvalue weighted by molar-refractivity contribution is 9.10. The summed E-state index contributed by atoms with van der Waals surface area (Å²) in [6, 6.07) is 8.63. The Hall–Kier alpha value is -0.890. The predicted octanol–water partition coefficient (Wildman–Crippen LogP) is 3.08. The first kappa shape index (κ1) is 16.5. The molecule has 0 aliphatic heterocycles. The van der Waals surface area contributed by atoms with Crippen molar-refractivity contribution in [2.75, 3.05) is 19.4 Å². The Balaban J connectivity index is 1.76. The zero-order valence-corrected chi connectivity index (χ0v) is 14.7. The van der Waals surface area contributed by atoms with Crippen LogP contribution in [0.15, 0.2) is 45.1 Å². The standard InChI is InChI=1S/C14H16BrNO3S2/c1-21(17,18)14-4-2-3-12(8-14)19-6-5-16-9-13-7-11(15)10-20-13/h2-4,7-8,10,16H,5-6,9H2,1H3. The fourth-order valence-corrected chi connectivity index (χ4v) is 3.77. The minimum absolute atomic E-state index is 0.274. The second kappa shape index (κ2) is 7.40. The molecule has 0 saturated carbocycles. The van der Waals surface area contributed by atoms with Crippen LogP contribution in [0.1, 0.15) is 4.88 Å². The zero-order chi connectivity index (χ0) is 15.3. The molecule has 0 radical (unpaired) electrons. The number of sulfone groups is 1. The van der Waals surface area contributed by atoms with E-state index in [1.807, 2.05) is 5.38 Å². The number of thiophene rings is 1. The fraction of sp³-hybridized carbons (Fsp3) is 0.286. The van der Waals surface area contributed by atoms with Crippen LogP contribution < -0.4 is 10.1 Å². The van der Waals surface area contributed by atoms with Gasteiger partial charge in [-0.25, -0.2) is 8.42 Å². The van der Waals surface area contributed by atoms with Gasteiger partial charge in [0.1, 0.15) is 12.4 Å². The fourth-order valence-electron chi connectivity index (χ4n) is 1.69. The molecule has 1 N–H and O–H groups in total. The summed E-state index contributed by atoms with van der Waals surface area (Å²) >= 11 is 5.11. The highest BCUT2D eigenvalue weighted by atomic mass is 79.9. The maximum absolute atomic E-state index is 11.4. The van der Waals surface area contributed by atoms with Gasteiger partial charge in [-0.05, 0) is 40.2 Å². The van der Waals surface area contributed by atoms with Crippen LogP contribution in [0, 0.1) is 0 Å². The van der Waals surface area contributed by atoms with Gasteiger partial charge in [0.05, 0.1) is 4.90 Å². The Morgan fingerprint density at radius 1 is 1.33 bits per heavy atom. The van der Waals surface area contributed by atoms with E-state index in [-0.39, 0.29) is 4.90 Å². The number of nitrogens with one attached hydrogen (secondary N) is 1. The maximum Gasteiger partial charge on any atom is 0.175 e. The van der Waals surface area contributed by atoms with Gasteiger partial charge in [0.25, 0.3) is 0 Å². The third-order valence-electron chi connectivity index (χ3n) is 2.70. The number of rotatable bonds is 7. The second-order valence-corrected chi connectivity index (χ2v) is 8.43. The van der Waals surface area contributed by atoms with Crippen LogP contribution in [0.25, 0.3) is 0 Å². The third-order valence-corrected chi connectivity index (χ3v) is 5.51. The highest BCUT2D eigenvalue weighted by Crippen LogP contribution is 2.19. The van der Waals surface area contributed by atoms with Crippen LogP contribution in [0.5, 0.6) is 5.75 Å². The maximum atomic E-state index is 11.4. The van der Waals surface area contributed by atoms with E-state index in [0.717, 1.165) is 11.0 Å². The monoisotopic (exact) mass is 389 g/mol. The van der Waals surface area contributed by atoms with Crippen molar-refractivity contribution in [3.63, 3.8) is 0 Å². The molecule has 1 aromatic heterocycles. The van der Waals surface area contributed by atoms with Gasteiger partial charge in [-0.3, -0.25) is 0 Å². The summed E-state index contributed by atoms with van der Waals surface area (Å²) in [5, 5.41) is 5.32. The Labute approximate surface area is 137 Å². The average molecular weight is 390 g/mol. The van der Waals surface area contributed by atoms with Crippen LogP contribution >= 0.6 is 27.3 Å². The van der Waals surface area contributed by atoms with Crippen molar-refractivity contribution in [1.29, 1.82) is 0 Å². The molecule has 21 heavy (non-hydrogen) atoms. The lowest BCUT2D eigenvalue weighted by molar-refractivity contribution is 0.313. The normalized spacial score (nSPS) is 11.5. The first-order valence-electron chi connectivity index (χ1n) is 6.32. The van der Waals surface area contributed by atoms with Crippen LogP contribution in [0.4, 0.5) is 0 Å². The molecule has 0 atom stereocenters. The Bertz CT molecular complexity index is 698. The van der Waals surface area contributed by atoms with Gasteiger partial charge in [-0.15, -0.1) is 11.3 Å². The third kappa shape index (κ3) is 5.43. The summed E-state index contributed by atoms with van der Waals surface area (Å²) in [6.45, 7) is 1.97. The van der Waals surface area contributed by atoms with Gasteiger partial charge in [0, 0.05) is 34.1 Å². The molecule has 0 spiro atoms. The van der Waals surface area contributed by atoms with Crippen molar-refractivity contribution >= 4 is 37.1 Å². The van der Waals surface area contributed by atoms with Crippen LogP contribution in [0.3, 0.4) is 0 Å². The SMILES string of the molecule is CS(=O)(=O)c1cccc(OCCNCc2cc(Br)cs2)c1. The topological polar surface area (TPSA) is 55.4 Å². The Kier molecular flexibility index (Phi) is 5.80. The van der Waals surface area contributed by atoms with E-state index in [2.05, 4.69) is 27.3 Å². The Morgan fingerprint density at radius 2 is 2.14 bits per heavy atom. The number of hydrogen-bond acceptors (Lipinski definition) is 5. The van der Waals surface area contributed by atoms with Gasteiger partial charge < -0.3 is 10.1 Å². The summed E-state index contributed by atoms with van der Waals surface area (Å²) in [6.07, 6.45) is 1.19. The van der Waals surface area contributed by atoms with E-state index in [1.54, 1.807) is 35.6 Å². The number of hydrogen-bond donors (Lipinski definition) is 1. The van der Waals surface area contributed by atoms with Crippen molar-refractivity contribution in [1.82, 2.24) is 5.32 Å². The molecule has 0 fully saturated rings. The van der Waals surface area contributed by atoms with E-state index < -0.39 is 9.84 Å². The zero-order valence-electron chi connectivity index (χ0n) is 11.5. The van der Waals surface area contributed by atoms with Crippen LogP contribution in [0.2, 0.25) is 0 Å². The van der Waals surface area contributed by atoms with Gasteiger partial charge in [0.2, 0.25) is 0 Å². The van der Waals surface area contributed by atoms with Crippen LogP contribution in [-0.4, -0.2) is 27.8 Å². The van der Waals surface area contributed by atoms with E-state index >= 15 is 0 Å². The molecule has 2 rings (SSSR count). The van der Waals surface area contributed by atoms with Crippen molar-refractivity contribution in [3.05, 3.63) is 45.1 Å². The molecule has 7 heteroatoms. The molecule has 114 valence electrons. The molecule has 1 heterocycles. The molecular formula is C14H16BrNO3S2. The van der Waals surface area contributed by atoms with Crippen LogP contribution in [-0.2, 0) is 16.4 Å². The summed E-state index contributed by atoms with van der Waals surface area (Å²) in [5.41, 5.74) is 0. The molecule has 0 saturated heterocycles. The minimum Gasteiger partial charge on any atom is -0.492 e. The number of benzene rings is 1. The first-order valence-corrected chi connectivity index (χ1v) is 9.88. The molecule has 4 nitrogen and oxygen atoms in total. The second-order valence-electron chi connectivity index (χ2n) is 4.50. The lowest BCUT2D eigenvalue weighted by atomic mass is 10.3. The van der Waals surface area contributed by atoms with E-state index in [0.29, 0.717) is 18.9 Å². The molecule has 0 amide bonds. The molecule has 2 aromatic rings. The van der Waals surface area contributed by atoms with Crippen molar-refractivity contribution < 1.29 is 13.2 Å². The van der Waals surface area contributed by atoms with Gasteiger partial charge in [-0.1, -0.05) is 6.07 Å². The summed E-state index contributed by atoms with van der Waals surface area (Å²) < 4.78 is 29.5. The minimum atomic E-state index is -3.19. The number of halogens is 1. The summed E-state index contributed by atoms with van der Waals surface area (Å²) in [4.78, 5) is 1.53. The average Bonchev–Trinajstić information content (AvgIpc) is 2.83. The van der Waals surface area contributed by atoms with Gasteiger partial charge in [-0.2, -0.15) is 0 Å². The summed E-state index contributed by atoms with van der Waals surface area (Å²) in [5.74, 6) is 0.568. The van der Waals surface area contributed by atoms with Crippen molar-refractivity contribution in [2.24, 2.45) is 0 Å². The van der Waals surface area contributed by atoms with E-state index in [4.69, 9.17) is 4.74 Å². The van der Waals surface area contributed by atoms with Gasteiger partial charge >= 0.3 is 0 Å². The van der Waals surface area contributed by atoms with Gasteiger partial charge in [0.15, 0.2) is 9.84 Å². The molecule has 0 bridgehead atoms.